The van der Waals surface area contributed by atoms with Gasteiger partial charge in [-0.3, -0.25) is 0 Å². The van der Waals surface area contributed by atoms with E-state index in [1.54, 1.807) is 0 Å². The van der Waals surface area contributed by atoms with Crippen molar-refractivity contribution < 1.29 is 9.53 Å². The Morgan fingerprint density at radius 3 is 2.58 bits per heavy atom. The molecule has 2 atom stereocenters. The maximum Gasteiger partial charge on any atom is 0.410 e. The van der Waals surface area contributed by atoms with E-state index in [9.17, 15) is 4.79 Å². The Hall–Kier alpha value is -1.29. The molecule has 1 heterocycles. The number of amides is 1. The van der Waals surface area contributed by atoms with Crippen molar-refractivity contribution in [1.29, 1.82) is 0 Å². The molecule has 0 aromatic heterocycles. The standard InChI is InChI=1S/C20H34N2O2/c1-15(2)21-12-18-14-22(19(23)24-20(3,4)5)13-17(18)11-16-9-7-6-8-10-16/h7,9-10,15,17-18,21H,6,8,11-14H2,1-5H3/t17-,18?/m0/s1. The van der Waals surface area contributed by atoms with E-state index in [1.165, 1.54) is 5.57 Å². The molecular formula is C20H34N2O2. The minimum absolute atomic E-state index is 0.173. The molecule has 1 amide bonds. The summed E-state index contributed by atoms with van der Waals surface area (Å²) in [5.41, 5.74) is 0.988. The summed E-state index contributed by atoms with van der Waals surface area (Å²) >= 11 is 0. The molecule has 136 valence electrons. The molecule has 4 nitrogen and oxygen atoms in total. The van der Waals surface area contributed by atoms with Gasteiger partial charge in [0, 0.05) is 25.7 Å². The van der Waals surface area contributed by atoms with Crippen molar-refractivity contribution in [1.82, 2.24) is 10.2 Å². The predicted molar refractivity (Wildman–Crippen MR) is 99.0 cm³/mol. The molecule has 0 aromatic carbocycles. The molecule has 2 aliphatic rings. The van der Waals surface area contributed by atoms with E-state index in [0.717, 1.165) is 38.9 Å². The topological polar surface area (TPSA) is 41.6 Å². The van der Waals surface area contributed by atoms with Crippen LogP contribution in [-0.4, -0.2) is 42.3 Å². The van der Waals surface area contributed by atoms with Gasteiger partial charge in [-0.05, 0) is 51.9 Å². The van der Waals surface area contributed by atoms with Gasteiger partial charge >= 0.3 is 6.09 Å². The first kappa shape index (κ1) is 19.0. The Kier molecular flexibility index (Phi) is 6.50. The van der Waals surface area contributed by atoms with Crippen LogP contribution < -0.4 is 5.32 Å². The summed E-state index contributed by atoms with van der Waals surface area (Å²) in [6.45, 7) is 12.7. The highest BCUT2D eigenvalue weighted by Gasteiger charge is 2.37. The van der Waals surface area contributed by atoms with E-state index in [4.69, 9.17) is 4.74 Å². The number of rotatable bonds is 5. The zero-order valence-electron chi connectivity index (χ0n) is 16.0. The summed E-state index contributed by atoms with van der Waals surface area (Å²) < 4.78 is 5.57. The van der Waals surface area contributed by atoms with Crippen molar-refractivity contribution >= 4 is 6.09 Å². The number of ether oxygens (including phenoxy) is 1. The molecule has 1 N–H and O–H groups in total. The smallest absolute Gasteiger partial charge is 0.410 e. The number of likely N-dealkylation sites (tertiary alicyclic amines) is 1. The fraction of sp³-hybridized carbons (Fsp3) is 0.750. The summed E-state index contributed by atoms with van der Waals surface area (Å²) in [5, 5.41) is 3.55. The largest absolute Gasteiger partial charge is 0.444 e. The summed E-state index contributed by atoms with van der Waals surface area (Å²) in [6, 6.07) is 0.468. The van der Waals surface area contributed by atoms with Crippen LogP contribution in [0.2, 0.25) is 0 Å². The van der Waals surface area contributed by atoms with Crippen LogP contribution in [0.1, 0.15) is 53.9 Å². The van der Waals surface area contributed by atoms with E-state index in [0.29, 0.717) is 17.9 Å². The van der Waals surface area contributed by atoms with Gasteiger partial charge in [-0.15, -0.1) is 0 Å². The van der Waals surface area contributed by atoms with Crippen molar-refractivity contribution in [3.05, 3.63) is 23.8 Å². The Balaban J connectivity index is 2.00. The van der Waals surface area contributed by atoms with Crippen molar-refractivity contribution in [3.63, 3.8) is 0 Å². The Morgan fingerprint density at radius 2 is 2.00 bits per heavy atom. The third-order valence-electron chi connectivity index (χ3n) is 4.59. The number of allylic oxidation sites excluding steroid dienone is 4. The van der Waals surface area contributed by atoms with Crippen LogP contribution in [0.3, 0.4) is 0 Å². The average Bonchev–Trinajstić information content (AvgIpc) is 2.87. The molecule has 24 heavy (non-hydrogen) atoms. The maximum absolute atomic E-state index is 12.4. The van der Waals surface area contributed by atoms with E-state index in [2.05, 4.69) is 37.4 Å². The molecule has 0 saturated carbocycles. The number of nitrogens with one attached hydrogen (secondary N) is 1. The molecule has 0 spiro atoms. The Bertz CT molecular complexity index is 488. The lowest BCUT2D eigenvalue weighted by Gasteiger charge is -2.24. The van der Waals surface area contributed by atoms with Crippen LogP contribution in [0.25, 0.3) is 0 Å². The van der Waals surface area contributed by atoms with Crippen LogP contribution in [0, 0.1) is 11.8 Å². The number of nitrogens with zero attached hydrogens (tertiary/aromatic N) is 1. The molecule has 1 aliphatic heterocycles. The lowest BCUT2D eigenvalue weighted by atomic mass is 9.88. The molecule has 1 fully saturated rings. The van der Waals surface area contributed by atoms with Gasteiger partial charge in [0.1, 0.15) is 5.60 Å². The van der Waals surface area contributed by atoms with Crippen molar-refractivity contribution in [3.8, 4) is 0 Å². The first-order valence-corrected chi connectivity index (χ1v) is 9.31. The van der Waals surface area contributed by atoms with Gasteiger partial charge in [0.2, 0.25) is 0 Å². The average molecular weight is 335 g/mol. The zero-order valence-corrected chi connectivity index (χ0v) is 16.0. The van der Waals surface area contributed by atoms with E-state index >= 15 is 0 Å². The van der Waals surface area contributed by atoms with Gasteiger partial charge in [0.25, 0.3) is 0 Å². The molecule has 1 saturated heterocycles. The molecule has 1 unspecified atom stereocenters. The lowest BCUT2D eigenvalue weighted by Crippen LogP contribution is -2.36. The van der Waals surface area contributed by atoms with E-state index in [-0.39, 0.29) is 6.09 Å². The summed E-state index contributed by atoms with van der Waals surface area (Å²) in [4.78, 5) is 14.3. The highest BCUT2D eigenvalue weighted by Crippen LogP contribution is 2.31. The molecule has 0 radical (unpaired) electrons. The van der Waals surface area contributed by atoms with Crippen LogP contribution in [0.4, 0.5) is 4.79 Å². The minimum Gasteiger partial charge on any atom is -0.444 e. The predicted octanol–water partition coefficient (Wildman–Crippen LogP) is 4.13. The second-order valence-corrected chi connectivity index (χ2v) is 8.43. The second kappa shape index (κ2) is 8.19. The third-order valence-corrected chi connectivity index (χ3v) is 4.59. The van der Waals surface area contributed by atoms with Crippen LogP contribution >= 0.6 is 0 Å². The number of hydrogen-bond donors (Lipinski definition) is 1. The van der Waals surface area contributed by atoms with Gasteiger partial charge in [-0.2, -0.15) is 0 Å². The van der Waals surface area contributed by atoms with Gasteiger partial charge in [-0.1, -0.05) is 37.6 Å². The number of carbonyl (C=O) groups excluding carboxylic acids is 1. The molecule has 0 aromatic rings. The van der Waals surface area contributed by atoms with Crippen LogP contribution in [0.5, 0.6) is 0 Å². The van der Waals surface area contributed by atoms with Gasteiger partial charge in [0.05, 0.1) is 0 Å². The Morgan fingerprint density at radius 1 is 1.29 bits per heavy atom. The van der Waals surface area contributed by atoms with Crippen molar-refractivity contribution in [2.75, 3.05) is 19.6 Å². The summed E-state index contributed by atoms with van der Waals surface area (Å²) in [5.74, 6) is 0.980. The zero-order chi connectivity index (χ0) is 17.7. The molecule has 4 heteroatoms. The molecule has 2 rings (SSSR count). The normalized spacial score (nSPS) is 24.4. The minimum atomic E-state index is -0.435. The Labute approximate surface area is 147 Å². The highest BCUT2D eigenvalue weighted by atomic mass is 16.6. The van der Waals surface area contributed by atoms with E-state index in [1.807, 2.05) is 25.7 Å². The first-order chi connectivity index (χ1) is 11.2. The lowest BCUT2D eigenvalue weighted by molar-refractivity contribution is 0.0284. The van der Waals surface area contributed by atoms with Gasteiger partial charge < -0.3 is 15.0 Å². The highest BCUT2D eigenvalue weighted by molar-refractivity contribution is 5.68. The second-order valence-electron chi connectivity index (χ2n) is 8.43. The van der Waals surface area contributed by atoms with Crippen LogP contribution in [-0.2, 0) is 4.74 Å². The fourth-order valence-electron chi connectivity index (χ4n) is 3.39. The van der Waals surface area contributed by atoms with E-state index < -0.39 is 5.60 Å². The molecular weight excluding hydrogens is 300 g/mol. The number of hydrogen-bond acceptors (Lipinski definition) is 3. The summed E-state index contributed by atoms with van der Waals surface area (Å²) in [7, 11) is 0. The maximum atomic E-state index is 12.4. The monoisotopic (exact) mass is 334 g/mol. The fourth-order valence-corrected chi connectivity index (χ4v) is 3.39. The quantitative estimate of drug-likeness (QED) is 0.822. The SMILES string of the molecule is CC(C)NCC1CN(C(=O)OC(C)(C)C)C[C@@H]1CC1=CCCC=C1. The van der Waals surface area contributed by atoms with Crippen molar-refractivity contribution in [2.45, 2.75) is 65.5 Å². The molecule has 1 aliphatic carbocycles. The van der Waals surface area contributed by atoms with Gasteiger partial charge in [-0.25, -0.2) is 4.79 Å². The van der Waals surface area contributed by atoms with Crippen molar-refractivity contribution in [2.24, 2.45) is 11.8 Å². The van der Waals surface area contributed by atoms with Gasteiger partial charge in [0.15, 0.2) is 0 Å². The number of carbonyl (C=O) groups is 1. The first-order valence-electron chi connectivity index (χ1n) is 9.31. The third kappa shape index (κ3) is 5.97. The van der Waals surface area contributed by atoms with Crippen LogP contribution in [0.15, 0.2) is 23.8 Å². The molecule has 0 bridgehead atoms. The summed E-state index contributed by atoms with van der Waals surface area (Å²) in [6.07, 6.45) is 10.0.